The first kappa shape index (κ1) is 22.5. The van der Waals surface area contributed by atoms with E-state index in [1.165, 1.54) is 0 Å². The van der Waals surface area contributed by atoms with Gasteiger partial charge in [-0.2, -0.15) is 0 Å². The molecule has 1 aliphatic heterocycles. The van der Waals surface area contributed by atoms with E-state index in [1.54, 1.807) is 11.8 Å². The van der Waals surface area contributed by atoms with E-state index in [0.717, 1.165) is 23.2 Å². The fourth-order valence-electron chi connectivity index (χ4n) is 3.90. The van der Waals surface area contributed by atoms with Crippen LogP contribution in [0.4, 0.5) is 5.69 Å². The van der Waals surface area contributed by atoms with Crippen molar-refractivity contribution >= 4 is 23.5 Å². The highest BCUT2D eigenvalue weighted by Crippen LogP contribution is 2.32. The number of hydrogen-bond acceptors (Lipinski definition) is 4. The van der Waals surface area contributed by atoms with Crippen LogP contribution < -0.4 is 10.2 Å². The summed E-state index contributed by atoms with van der Waals surface area (Å²) in [5.41, 5.74) is 2.83. The summed E-state index contributed by atoms with van der Waals surface area (Å²) in [7, 11) is 0. The number of amides is 2. The molecule has 0 bridgehead atoms. The van der Waals surface area contributed by atoms with Gasteiger partial charge in [0.1, 0.15) is 6.04 Å². The maximum Gasteiger partial charge on any atom is 0.329 e. The van der Waals surface area contributed by atoms with Crippen molar-refractivity contribution in [3.63, 3.8) is 0 Å². The van der Waals surface area contributed by atoms with Crippen molar-refractivity contribution in [1.29, 1.82) is 0 Å². The van der Waals surface area contributed by atoms with Crippen molar-refractivity contribution in [1.82, 2.24) is 5.32 Å². The zero-order valence-electron chi connectivity index (χ0n) is 18.5. The highest BCUT2D eigenvalue weighted by atomic mass is 16.5. The minimum absolute atomic E-state index is 0.00229. The quantitative estimate of drug-likeness (QED) is 0.695. The van der Waals surface area contributed by atoms with Crippen LogP contribution in [-0.4, -0.2) is 36.0 Å². The zero-order chi connectivity index (χ0) is 22.5. The van der Waals surface area contributed by atoms with Gasteiger partial charge in [-0.3, -0.25) is 9.59 Å². The Hall–Kier alpha value is -3.15. The molecule has 0 unspecified atom stereocenters. The van der Waals surface area contributed by atoms with Gasteiger partial charge in [0.2, 0.25) is 5.91 Å². The van der Waals surface area contributed by atoms with Gasteiger partial charge in [0, 0.05) is 11.7 Å². The average Bonchev–Trinajstić information content (AvgIpc) is 3.07. The van der Waals surface area contributed by atoms with Gasteiger partial charge in [0.15, 0.2) is 6.10 Å². The van der Waals surface area contributed by atoms with Crippen LogP contribution in [-0.2, 0) is 32.0 Å². The van der Waals surface area contributed by atoms with Crippen molar-refractivity contribution in [2.24, 2.45) is 5.92 Å². The summed E-state index contributed by atoms with van der Waals surface area (Å²) in [6.07, 6.45) is -0.00549. The fourth-order valence-corrected chi connectivity index (χ4v) is 3.90. The van der Waals surface area contributed by atoms with E-state index >= 15 is 0 Å². The third kappa shape index (κ3) is 5.32. The summed E-state index contributed by atoms with van der Waals surface area (Å²) in [4.78, 5) is 40.0. The molecule has 2 amide bonds. The molecule has 3 rings (SSSR count). The number of rotatable bonds is 7. The van der Waals surface area contributed by atoms with Crippen molar-refractivity contribution in [3.8, 4) is 0 Å². The number of fused-ring (bicyclic) bond motifs is 1. The molecule has 6 heteroatoms. The van der Waals surface area contributed by atoms with E-state index in [2.05, 4.69) is 5.32 Å². The molecular weight excluding hydrogens is 392 g/mol. The second kappa shape index (κ2) is 9.77. The SMILES string of the molecule is CC(C)[C@H](NC(=O)Cc1ccccc1)C(=O)O[C@@H](C)C(=O)N1c2ccccc2C[C@@H]1C. The lowest BCUT2D eigenvalue weighted by molar-refractivity contribution is -0.158. The molecule has 164 valence electrons. The molecule has 0 saturated heterocycles. The van der Waals surface area contributed by atoms with Gasteiger partial charge in [-0.25, -0.2) is 4.79 Å². The van der Waals surface area contributed by atoms with E-state index in [9.17, 15) is 14.4 Å². The predicted molar refractivity (Wildman–Crippen MR) is 120 cm³/mol. The molecule has 31 heavy (non-hydrogen) atoms. The number of para-hydroxylation sites is 1. The number of nitrogens with zero attached hydrogens (tertiary/aromatic N) is 1. The van der Waals surface area contributed by atoms with E-state index in [1.807, 2.05) is 75.4 Å². The zero-order valence-corrected chi connectivity index (χ0v) is 18.5. The fraction of sp³-hybridized carbons (Fsp3) is 0.400. The molecular formula is C25H30N2O4. The third-order valence-electron chi connectivity index (χ3n) is 5.53. The van der Waals surface area contributed by atoms with Gasteiger partial charge < -0.3 is 15.0 Å². The number of nitrogens with one attached hydrogen (secondary N) is 1. The standard InChI is InChI=1S/C25H30N2O4/c1-16(2)23(26-22(28)15-19-10-6-5-7-11-19)25(30)31-18(4)24(29)27-17(3)14-20-12-8-9-13-21(20)27/h5-13,16-18,23H,14-15H2,1-4H3,(H,26,28)/t17-,18-,23-/m0/s1. The summed E-state index contributed by atoms with van der Waals surface area (Å²) in [6.45, 7) is 7.23. The molecule has 0 spiro atoms. The number of ether oxygens (including phenoxy) is 1. The molecule has 0 saturated carbocycles. The van der Waals surface area contributed by atoms with Crippen LogP contribution in [0.2, 0.25) is 0 Å². The number of hydrogen-bond donors (Lipinski definition) is 1. The first-order valence-corrected chi connectivity index (χ1v) is 10.7. The Labute approximate surface area is 183 Å². The molecule has 0 aliphatic carbocycles. The number of carbonyl (C=O) groups is 3. The second-order valence-electron chi connectivity index (χ2n) is 8.42. The largest absolute Gasteiger partial charge is 0.451 e. The summed E-state index contributed by atoms with van der Waals surface area (Å²) in [6, 6.07) is 16.3. The van der Waals surface area contributed by atoms with Crippen LogP contribution in [0.15, 0.2) is 54.6 Å². The molecule has 2 aromatic carbocycles. The Kier molecular flexibility index (Phi) is 7.10. The van der Waals surface area contributed by atoms with Crippen LogP contribution in [0.5, 0.6) is 0 Å². The lowest BCUT2D eigenvalue weighted by Gasteiger charge is -2.28. The molecule has 0 radical (unpaired) electrons. The van der Waals surface area contributed by atoms with Crippen LogP contribution in [0, 0.1) is 5.92 Å². The van der Waals surface area contributed by atoms with Crippen molar-refractivity contribution < 1.29 is 19.1 Å². The van der Waals surface area contributed by atoms with E-state index in [-0.39, 0.29) is 30.2 Å². The highest BCUT2D eigenvalue weighted by Gasteiger charge is 2.36. The summed E-state index contributed by atoms with van der Waals surface area (Å²) in [5, 5.41) is 2.76. The summed E-state index contributed by atoms with van der Waals surface area (Å²) >= 11 is 0. The van der Waals surface area contributed by atoms with Gasteiger partial charge >= 0.3 is 5.97 Å². The smallest absolute Gasteiger partial charge is 0.329 e. The lowest BCUT2D eigenvalue weighted by atomic mass is 10.0. The molecule has 6 nitrogen and oxygen atoms in total. The van der Waals surface area contributed by atoms with Crippen molar-refractivity contribution in [3.05, 3.63) is 65.7 Å². The molecule has 1 N–H and O–H groups in total. The monoisotopic (exact) mass is 422 g/mol. The minimum Gasteiger partial charge on any atom is -0.451 e. The first-order valence-electron chi connectivity index (χ1n) is 10.7. The number of anilines is 1. The van der Waals surface area contributed by atoms with Gasteiger partial charge in [-0.1, -0.05) is 62.4 Å². The lowest BCUT2D eigenvalue weighted by Crippen LogP contribution is -2.49. The van der Waals surface area contributed by atoms with Gasteiger partial charge in [-0.15, -0.1) is 0 Å². The Balaban J connectivity index is 1.63. The molecule has 3 atom stereocenters. The van der Waals surface area contributed by atoms with Gasteiger partial charge in [0.25, 0.3) is 5.91 Å². The average molecular weight is 423 g/mol. The maximum absolute atomic E-state index is 13.1. The highest BCUT2D eigenvalue weighted by molar-refractivity contribution is 6.00. The van der Waals surface area contributed by atoms with E-state index < -0.39 is 18.1 Å². The van der Waals surface area contributed by atoms with Gasteiger partial charge in [0.05, 0.1) is 6.42 Å². The van der Waals surface area contributed by atoms with Gasteiger partial charge in [-0.05, 0) is 43.4 Å². The van der Waals surface area contributed by atoms with Crippen molar-refractivity contribution in [2.75, 3.05) is 4.90 Å². The van der Waals surface area contributed by atoms with Crippen LogP contribution in [0.1, 0.15) is 38.8 Å². The number of esters is 1. The normalized spacial score (nSPS) is 17.1. The Morgan fingerprint density at radius 2 is 1.68 bits per heavy atom. The molecule has 2 aromatic rings. The Bertz CT molecular complexity index is 942. The topological polar surface area (TPSA) is 75.7 Å². The van der Waals surface area contributed by atoms with Crippen LogP contribution in [0.3, 0.4) is 0 Å². The Morgan fingerprint density at radius 3 is 2.35 bits per heavy atom. The molecule has 1 aliphatic rings. The second-order valence-corrected chi connectivity index (χ2v) is 8.42. The molecule has 0 aromatic heterocycles. The molecule has 0 fully saturated rings. The van der Waals surface area contributed by atoms with Crippen LogP contribution >= 0.6 is 0 Å². The summed E-state index contributed by atoms with van der Waals surface area (Å²) < 4.78 is 5.52. The van der Waals surface area contributed by atoms with Crippen LogP contribution in [0.25, 0.3) is 0 Å². The Morgan fingerprint density at radius 1 is 1.03 bits per heavy atom. The minimum atomic E-state index is -0.951. The predicted octanol–water partition coefficient (Wildman–Crippen LogP) is 3.28. The van der Waals surface area contributed by atoms with Crippen molar-refractivity contribution in [2.45, 2.75) is 58.7 Å². The maximum atomic E-state index is 13.1. The van der Waals surface area contributed by atoms with E-state index in [4.69, 9.17) is 4.74 Å². The summed E-state index contributed by atoms with van der Waals surface area (Å²) in [5.74, 6) is -1.30. The molecule has 1 heterocycles. The number of carbonyl (C=O) groups excluding carboxylic acids is 3. The van der Waals surface area contributed by atoms with E-state index in [0.29, 0.717) is 0 Å². The third-order valence-corrected chi connectivity index (χ3v) is 5.53. The number of benzene rings is 2. The first-order chi connectivity index (χ1) is 14.8.